The van der Waals surface area contributed by atoms with Crippen molar-refractivity contribution in [2.45, 2.75) is 77.7 Å². The number of rotatable bonds is 19. The molecule has 0 aliphatic rings. The molecule has 0 saturated carbocycles. The maximum absolute atomic E-state index is 11.9. The van der Waals surface area contributed by atoms with Crippen LogP contribution in [0.25, 0.3) is 0 Å². The summed E-state index contributed by atoms with van der Waals surface area (Å²) in [5, 5.41) is 0. The third-order valence-corrected chi connectivity index (χ3v) is 4.55. The highest BCUT2D eigenvalue weighted by Gasteiger charge is 1.98. The molecule has 0 aromatic heterocycles. The van der Waals surface area contributed by atoms with E-state index >= 15 is 0 Å². The van der Waals surface area contributed by atoms with Crippen molar-refractivity contribution in [1.29, 1.82) is 0 Å². The third kappa shape index (κ3) is 14.6. The summed E-state index contributed by atoms with van der Waals surface area (Å²) in [5.74, 6) is 0.918. The predicted octanol–water partition coefficient (Wildman–Crippen LogP) is 6.49. The van der Waals surface area contributed by atoms with Crippen LogP contribution in [0.15, 0.2) is 24.3 Å². The predicted molar refractivity (Wildman–Crippen MR) is 110 cm³/mol. The van der Waals surface area contributed by atoms with E-state index in [1.165, 1.54) is 57.8 Å². The highest BCUT2D eigenvalue weighted by Crippen LogP contribution is 2.14. The van der Waals surface area contributed by atoms with Gasteiger partial charge < -0.3 is 14.2 Å². The number of hydrogen-bond donors (Lipinski definition) is 0. The van der Waals surface area contributed by atoms with Crippen LogP contribution < -0.4 is 4.74 Å². The van der Waals surface area contributed by atoms with E-state index in [1.807, 2.05) is 24.3 Å². The summed E-state index contributed by atoms with van der Waals surface area (Å²) in [6.45, 7) is 4.22. The minimum atomic E-state index is -0.444. The molecule has 0 N–H and O–H groups in total. The first-order valence-electron chi connectivity index (χ1n) is 10.8. The summed E-state index contributed by atoms with van der Waals surface area (Å²) in [6, 6.07) is 8.04. The maximum Gasteiger partial charge on any atom is 0.119 e. The summed E-state index contributed by atoms with van der Waals surface area (Å²) in [7, 11) is 0. The standard InChI is InChI=1S/C23H39FO3/c1-2-3-4-5-6-7-8-9-10-11-17-27-23-14-12-22(13-15-23)21-26-20-19-25-18-16-24/h12-15H,2-11,16-21H2,1H3/i24-1. The lowest BCUT2D eigenvalue weighted by molar-refractivity contribution is 0.0361. The zero-order chi connectivity index (χ0) is 19.4. The van der Waals surface area contributed by atoms with Gasteiger partial charge in [0.25, 0.3) is 0 Å². The van der Waals surface area contributed by atoms with Gasteiger partial charge in [0.2, 0.25) is 0 Å². The topological polar surface area (TPSA) is 27.7 Å². The highest BCUT2D eigenvalue weighted by atomic mass is 18.2. The second kappa shape index (κ2) is 18.2. The molecule has 0 amide bonds. The summed E-state index contributed by atoms with van der Waals surface area (Å²) >= 11 is 0. The number of hydrogen-bond acceptors (Lipinski definition) is 3. The van der Waals surface area contributed by atoms with Crippen molar-refractivity contribution < 1.29 is 18.6 Å². The Morgan fingerprint density at radius 2 is 1.26 bits per heavy atom. The van der Waals surface area contributed by atoms with Gasteiger partial charge in [-0.05, 0) is 24.1 Å². The number of benzene rings is 1. The van der Waals surface area contributed by atoms with Crippen molar-refractivity contribution in [1.82, 2.24) is 0 Å². The van der Waals surface area contributed by atoms with Gasteiger partial charge in [-0.15, -0.1) is 0 Å². The van der Waals surface area contributed by atoms with Crippen molar-refractivity contribution in [3.05, 3.63) is 29.8 Å². The van der Waals surface area contributed by atoms with Gasteiger partial charge in [-0.2, -0.15) is 0 Å². The molecule has 1 rings (SSSR count). The second-order valence-corrected chi connectivity index (χ2v) is 7.03. The first-order chi connectivity index (χ1) is 13.4. The summed E-state index contributed by atoms with van der Waals surface area (Å²) in [6.07, 6.45) is 13.4. The van der Waals surface area contributed by atoms with Crippen molar-refractivity contribution in [3.8, 4) is 5.75 Å². The minimum absolute atomic E-state index is 0.147. The molecule has 1 aromatic rings. The van der Waals surface area contributed by atoms with E-state index in [1.54, 1.807) is 0 Å². The summed E-state index contributed by atoms with van der Waals surface area (Å²) < 4.78 is 28.2. The normalized spacial score (nSPS) is 11.0. The maximum atomic E-state index is 11.9. The fourth-order valence-corrected chi connectivity index (χ4v) is 2.93. The summed E-state index contributed by atoms with van der Waals surface area (Å²) in [4.78, 5) is 0. The lowest BCUT2D eigenvalue weighted by atomic mass is 10.1. The van der Waals surface area contributed by atoms with Gasteiger partial charge in [-0.25, -0.2) is 4.39 Å². The lowest BCUT2D eigenvalue weighted by Gasteiger charge is -2.08. The Kier molecular flexibility index (Phi) is 16.2. The van der Waals surface area contributed by atoms with E-state index in [-0.39, 0.29) is 6.61 Å². The first kappa shape index (κ1) is 23.9. The van der Waals surface area contributed by atoms with Gasteiger partial charge >= 0.3 is 0 Å². The number of ether oxygens (including phenoxy) is 3. The zero-order valence-electron chi connectivity index (χ0n) is 17.2. The third-order valence-electron chi connectivity index (χ3n) is 4.55. The van der Waals surface area contributed by atoms with E-state index < -0.39 is 6.67 Å². The molecule has 0 atom stereocenters. The lowest BCUT2D eigenvalue weighted by Crippen LogP contribution is -2.06. The van der Waals surface area contributed by atoms with Crippen LogP contribution in [-0.2, 0) is 16.1 Å². The zero-order valence-corrected chi connectivity index (χ0v) is 17.2. The van der Waals surface area contributed by atoms with E-state index in [9.17, 15) is 4.39 Å². The number of alkyl halides is 1. The van der Waals surface area contributed by atoms with E-state index in [4.69, 9.17) is 14.2 Å². The van der Waals surface area contributed by atoms with Crippen LogP contribution in [0, 0.1) is 0 Å². The average molecular weight is 382 g/mol. The largest absolute Gasteiger partial charge is 0.494 e. The molecular weight excluding hydrogens is 342 g/mol. The molecule has 1 aromatic carbocycles. The Labute approximate surface area is 165 Å². The fourth-order valence-electron chi connectivity index (χ4n) is 2.93. The summed E-state index contributed by atoms with van der Waals surface area (Å²) in [5.41, 5.74) is 1.10. The molecule has 0 aliphatic carbocycles. The smallest absolute Gasteiger partial charge is 0.119 e. The molecule has 27 heavy (non-hydrogen) atoms. The number of unbranched alkanes of at least 4 members (excludes halogenated alkanes) is 9. The molecule has 0 radical (unpaired) electrons. The van der Waals surface area contributed by atoms with Crippen LogP contribution in [0.2, 0.25) is 0 Å². The van der Waals surface area contributed by atoms with Gasteiger partial charge in [0.15, 0.2) is 0 Å². The van der Waals surface area contributed by atoms with Gasteiger partial charge in [-0.1, -0.05) is 76.8 Å². The fraction of sp³-hybridized carbons (Fsp3) is 0.739. The average Bonchev–Trinajstić information content (AvgIpc) is 2.70. The Morgan fingerprint density at radius 1 is 0.667 bits per heavy atom. The Balaban J connectivity index is 1.94. The van der Waals surface area contributed by atoms with Crippen LogP contribution >= 0.6 is 0 Å². The minimum Gasteiger partial charge on any atom is -0.494 e. The SMILES string of the molecule is CCCCCCCCCCCCOc1ccc(COCCOCC[18F])cc1. The van der Waals surface area contributed by atoms with Crippen LogP contribution in [0.3, 0.4) is 0 Å². The molecular formula is C23H39FO3. The van der Waals surface area contributed by atoms with Crippen LogP contribution in [0.1, 0.15) is 76.7 Å². The van der Waals surface area contributed by atoms with Crippen LogP contribution in [0.5, 0.6) is 5.75 Å². The van der Waals surface area contributed by atoms with Gasteiger partial charge in [0.1, 0.15) is 12.4 Å². The molecule has 0 bridgehead atoms. The molecule has 0 saturated heterocycles. The molecule has 0 unspecified atom stereocenters. The van der Waals surface area contributed by atoms with Gasteiger partial charge in [0.05, 0.1) is 33.0 Å². The van der Waals surface area contributed by atoms with Crippen LogP contribution in [-0.4, -0.2) is 33.1 Å². The van der Waals surface area contributed by atoms with Crippen molar-refractivity contribution in [2.24, 2.45) is 0 Å². The van der Waals surface area contributed by atoms with Gasteiger partial charge in [-0.3, -0.25) is 0 Å². The Bertz CT molecular complexity index is 422. The molecule has 0 spiro atoms. The van der Waals surface area contributed by atoms with Crippen molar-refractivity contribution in [3.63, 3.8) is 0 Å². The Hall–Kier alpha value is -1.13. The number of halogens is 1. The van der Waals surface area contributed by atoms with E-state index in [2.05, 4.69) is 6.92 Å². The first-order valence-corrected chi connectivity index (χ1v) is 10.8. The van der Waals surface area contributed by atoms with E-state index in [0.29, 0.717) is 19.8 Å². The molecule has 156 valence electrons. The van der Waals surface area contributed by atoms with Crippen molar-refractivity contribution in [2.75, 3.05) is 33.1 Å². The molecule has 3 nitrogen and oxygen atoms in total. The molecule has 4 heteroatoms. The van der Waals surface area contributed by atoms with Crippen LogP contribution in [0.4, 0.5) is 4.39 Å². The monoisotopic (exact) mass is 381 g/mol. The Morgan fingerprint density at radius 3 is 1.89 bits per heavy atom. The second-order valence-electron chi connectivity index (χ2n) is 7.03. The van der Waals surface area contributed by atoms with Gasteiger partial charge in [0, 0.05) is 0 Å². The molecule has 0 aliphatic heterocycles. The van der Waals surface area contributed by atoms with Crippen molar-refractivity contribution >= 4 is 0 Å². The van der Waals surface area contributed by atoms with E-state index in [0.717, 1.165) is 24.3 Å². The molecule has 0 heterocycles. The highest BCUT2D eigenvalue weighted by molar-refractivity contribution is 5.26. The molecule has 0 fully saturated rings. The quantitative estimate of drug-likeness (QED) is 0.256.